The van der Waals surface area contributed by atoms with Gasteiger partial charge in [0.1, 0.15) is 33.2 Å². The maximum Gasteiger partial charge on any atom is 0.137 e. The van der Waals surface area contributed by atoms with E-state index in [4.69, 9.17) is 19.7 Å². The van der Waals surface area contributed by atoms with E-state index in [1.54, 1.807) is 22.7 Å². The minimum atomic E-state index is -0.133. The van der Waals surface area contributed by atoms with Crippen molar-refractivity contribution in [3.05, 3.63) is 160 Å². The number of nitrogens with zero attached hydrogens (tertiary/aromatic N) is 4. The molecule has 9 rings (SSSR count). The molecule has 1 aliphatic heterocycles. The number of rotatable bonds is 18. The number of benzene rings is 6. The average Bonchev–Trinajstić information content (AvgIpc) is 4.10. The van der Waals surface area contributed by atoms with Gasteiger partial charge in [0.25, 0.3) is 0 Å². The summed E-state index contributed by atoms with van der Waals surface area (Å²) in [6.07, 6.45) is 11.6. The molecular formula is C64H72N6O2S2. The predicted molar refractivity (Wildman–Crippen MR) is 314 cm³/mol. The molecule has 8 nitrogen and oxygen atoms in total. The Hall–Kier alpha value is -6.98. The number of thiazole rings is 2. The zero-order valence-corrected chi connectivity index (χ0v) is 46.2. The second-order valence-electron chi connectivity index (χ2n) is 18.8. The van der Waals surface area contributed by atoms with Crippen molar-refractivity contribution in [2.75, 3.05) is 19.8 Å². The molecular weight excluding hydrogens is 949 g/mol. The Morgan fingerprint density at radius 3 is 1.89 bits per heavy atom. The number of unbranched alkanes of at least 4 members (excludes halogenated alkanes) is 1. The average molecular weight is 1020 g/mol. The summed E-state index contributed by atoms with van der Waals surface area (Å²) < 4.78 is 14.7. The Labute approximate surface area is 447 Å². The third-order valence-corrected chi connectivity index (χ3v) is 16.1. The summed E-state index contributed by atoms with van der Waals surface area (Å²) in [5.41, 5.74) is 8.08. The molecule has 0 fully saturated rings. The first kappa shape index (κ1) is 54.8. The lowest BCUT2D eigenvalue weighted by atomic mass is 9.96. The van der Waals surface area contributed by atoms with Gasteiger partial charge in [-0.2, -0.15) is 10.5 Å². The molecule has 2 N–H and O–H groups in total. The first-order valence-electron chi connectivity index (χ1n) is 26.7. The minimum absolute atomic E-state index is 0.133. The molecule has 6 aromatic carbocycles. The Morgan fingerprint density at radius 2 is 1.28 bits per heavy atom. The summed E-state index contributed by atoms with van der Waals surface area (Å²) in [5.74, 6) is 2.87. The Kier molecular flexibility index (Phi) is 20.2. The second kappa shape index (κ2) is 27.3. The molecule has 2 aromatic heterocycles. The number of hydrogen-bond acceptors (Lipinski definition) is 10. The Bertz CT molecular complexity index is 3300. The van der Waals surface area contributed by atoms with Gasteiger partial charge in [0.15, 0.2) is 0 Å². The topological polar surface area (TPSA) is 116 Å². The van der Waals surface area contributed by atoms with Crippen LogP contribution in [0.2, 0.25) is 0 Å². The van der Waals surface area contributed by atoms with Gasteiger partial charge >= 0.3 is 0 Å². The predicted octanol–water partition coefficient (Wildman–Crippen LogP) is 17.6. The van der Waals surface area contributed by atoms with Crippen LogP contribution in [0.5, 0.6) is 11.5 Å². The number of hydrogen-bond donors (Lipinski definition) is 2. The van der Waals surface area contributed by atoms with E-state index in [2.05, 4.69) is 153 Å². The number of allylic oxidation sites excluding steroid dienone is 2. The zero-order valence-electron chi connectivity index (χ0n) is 44.6. The van der Waals surface area contributed by atoms with E-state index in [0.717, 1.165) is 104 Å². The molecule has 382 valence electrons. The van der Waals surface area contributed by atoms with Crippen LogP contribution in [0.3, 0.4) is 0 Å². The maximum atomic E-state index is 10.9. The molecule has 3 atom stereocenters. The van der Waals surface area contributed by atoms with Crippen LogP contribution >= 0.6 is 22.7 Å². The van der Waals surface area contributed by atoms with Crippen molar-refractivity contribution >= 4 is 81.6 Å². The van der Waals surface area contributed by atoms with Gasteiger partial charge in [0, 0.05) is 28.7 Å². The van der Waals surface area contributed by atoms with E-state index in [0.29, 0.717) is 34.7 Å². The molecule has 0 radical (unpaired) electrons. The van der Waals surface area contributed by atoms with Crippen LogP contribution in [-0.2, 0) is 0 Å². The molecule has 3 unspecified atom stereocenters. The molecule has 8 aromatic rings. The molecule has 74 heavy (non-hydrogen) atoms. The smallest absolute Gasteiger partial charge is 0.137 e. The minimum Gasteiger partial charge on any atom is -0.494 e. The van der Waals surface area contributed by atoms with E-state index in [1.165, 1.54) is 47.6 Å². The number of ether oxygens (including phenoxy) is 2. The fraction of sp³-hybridized carbons (Fsp3) is 0.344. The number of nitrogens with one attached hydrogen (secondary N) is 2. The van der Waals surface area contributed by atoms with E-state index < -0.39 is 0 Å². The summed E-state index contributed by atoms with van der Waals surface area (Å²) in [7, 11) is 0. The highest BCUT2D eigenvalue weighted by Crippen LogP contribution is 2.37. The van der Waals surface area contributed by atoms with Gasteiger partial charge in [-0.1, -0.05) is 141 Å². The molecule has 0 saturated carbocycles. The van der Waals surface area contributed by atoms with Crippen molar-refractivity contribution in [3.63, 3.8) is 0 Å². The highest BCUT2D eigenvalue weighted by molar-refractivity contribution is 7.20. The quantitative estimate of drug-likeness (QED) is 0.0817. The van der Waals surface area contributed by atoms with Gasteiger partial charge in [-0.15, -0.1) is 22.7 Å². The third kappa shape index (κ3) is 13.6. The van der Waals surface area contributed by atoms with E-state index in [1.807, 2.05) is 57.2 Å². The molecule has 10 heteroatoms. The molecule has 1 aliphatic rings. The summed E-state index contributed by atoms with van der Waals surface area (Å²) >= 11 is 3.19. The first-order valence-corrected chi connectivity index (χ1v) is 28.4. The van der Waals surface area contributed by atoms with E-state index in [-0.39, 0.29) is 5.92 Å². The molecule has 0 aliphatic carbocycles. The van der Waals surface area contributed by atoms with Gasteiger partial charge < -0.3 is 20.1 Å². The molecule has 0 amide bonds. The van der Waals surface area contributed by atoms with Crippen LogP contribution in [0.25, 0.3) is 58.9 Å². The van der Waals surface area contributed by atoms with Crippen molar-refractivity contribution in [1.82, 2.24) is 20.6 Å². The van der Waals surface area contributed by atoms with Crippen molar-refractivity contribution in [1.29, 1.82) is 10.5 Å². The highest BCUT2D eigenvalue weighted by atomic mass is 32.1. The standard InChI is InChI=1S/C48H56N4O2S.C14H10N2S.C2H6/c1-6-10-14-34(8-3)27-28-53-39-24-19-38(20-25-39)46-33(5)31-50-44(37-17-22-40(23-18-37)54-32-35(9-4)13-7-2)29-45(51-46)42(30-49)48-52-43-26-21-36-15-11-12-16-41(36)47(43)55-48;1-9(8-15)14-16-12-7-6-10-4-2-3-5-11(10)13(12)17-14;1-2/h11-12,15-26,29,34-35,50-51H,6-10,13-14,27-28,31-32H2,1-5H3;2-7,9H,1H3;1-2H3/b44-29+,45-42-,46-33+;;. The van der Waals surface area contributed by atoms with Crippen LogP contribution in [0.15, 0.2) is 139 Å². The Balaban J connectivity index is 0.000000351. The van der Waals surface area contributed by atoms with Gasteiger partial charge in [-0.25, -0.2) is 9.97 Å². The largest absolute Gasteiger partial charge is 0.494 e. The van der Waals surface area contributed by atoms with Gasteiger partial charge in [0.2, 0.25) is 0 Å². The van der Waals surface area contributed by atoms with Crippen molar-refractivity contribution in [2.24, 2.45) is 11.8 Å². The molecule has 3 heterocycles. The summed E-state index contributed by atoms with van der Waals surface area (Å²) in [4.78, 5) is 9.55. The highest BCUT2D eigenvalue weighted by Gasteiger charge is 2.21. The van der Waals surface area contributed by atoms with Crippen LogP contribution in [-0.4, -0.2) is 29.7 Å². The fourth-order valence-electron chi connectivity index (χ4n) is 9.19. The fourth-order valence-corrected chi connectivity index (χ4v) is 11.4. The van der Waals surface area contributed by atoms with Crippen molar-refractivity contribution in [3.8, 4) is 23.6 Å². The third-order valence-electron chi connectivity index (χ3n) is 13.7. The van der Waals surface area contributed by atoms with Crippen LogP contribution in [0.4, 0.5) is 0 Å². The zero-order chi connectivity index (χ0) is 52.4. The lowest BCUT2D eigenvalue weighted by molar-refractivity contribution is 0.235. The Morgan fingerprint density at radius 1 is 0.676 bits per heavy atom. The molecule has 0 bridgehead atoms. The van der Waals surface area contributed by atoms with Crippen LogP contribution < -0.4 is 20.1 Å². The van der Waals surface area contributed by atoms with Crippen LogP contribution in [0, 0.1) is 34.5 Å². The monoisotopic (exact) mass is 1020 g/mol. The van der Waals surface area contributed by atoms with Crippen molar-refractivity contribution < 1.29 is 9.47 Å². The van der Waals surface area contributed by atoms with Gasteiger partial charge in [0.05, 0.1) is 51.3 Å². The molecule has 0 saturated heterocycles. The summed E-state index contributed by atoms with van der Waals surface area (Å²) in [6.45, 7) is 19.1. The maximum absolute atomic E-state index is 10.9. The number of nitriles is 2. The summed E-state index contributed by atoms with van der Waals surface area (Å²) in [6, 6.07) is 46.3. The van der Waals surface area contributed by atoms with E-state index >= 15 is 0 Å². The molecule has 0 spiro atoms. The SMILES string of the molecule is CC.CC(C#N)c1nc2ccc3ccccc3c2s1.CCCCC(CC)CCOc1ccc(/C2=C(/C)CN/C(c3ccc(OCC(CC)CCC)cc3)=C/C(=C(\C#N)c3nc4ccc5ccccc5c4s3)N2)cc1. The normalized spacial score (nSPS) is 16.1. The van der Waals surface area contributed by atoms with E-state index in [9.17, 15) is 5.26 Å². The van der Waals surface area contributed by atoms with Crippen molar-refractivity contribution in [2.45, 2.75) is 113 Å². The number of fused-ring (bicyclic) bond motifs is 6. The van der Waals surface area contributed by atoms with Gasteiger partial charge in [-0.05, 0) is 133 Å². The lowest BCUT2D eigenvalue weighted by Gasteiger charge is -2.23. The number of aromatic nitrogens is 2. The second-order valence-corrected chi connectivity index (χ2v) is 20.8. The lowest BCUT2D eigenvalue weighted by Crippen LogP contribution is -2.24. The summed E-state index contributed by atoms with van der Waals surface area (Å²) in [5, 5.41) is 33.6. The first-order chi connectivity index (χ1) is 36.2. The van der Waals surface area contributed by atoms with Gasteiger partial charge in [-0.3, -0.25) is 0 Å². The van der Waals surface area contributed by atoms with Crippen LogP contribution in [0.1, 0.15) is 134 Å².